The summed E-state index contributed by atoms with van der Waals surface area (Å²) in [4.78, 5) is 23.6. The van der Waals surface area contributed by atoms with Gasteiger partial charge in [0.15, 0.2) is 0 Å². The van der Waals surface area contributed by atoms with Gasteiger partial charge in [-0.15, -0.1) is 0 Å². The third-order valence-corrected chi connectivity index (χ3v) is 4.51. The standard InChI is InChI=1S/C23H21NO3/c25-21(16-17-22(26)27)24-23(18-10-4-1-5-11-18,19-12-6-2-7-13-19)20-14-8-3-9-15-20/h1-15H,16-17H2,(H,24,25)(H,26,27). The number of benzene rings is 3. The number of carbonyl (C=O) groups is 2. The molecule has 4 nitrogen and oxygen atoms in total. The molecule has 3 aromatic carbocycles. The zero-order valence-electron chi connectivity index (χ0n) is 14.8. The summed E-state index contributed by atoms with van der Waals surface area (Å²) < 4.78 is 0. The number of rotatable bonds is 7. The Morgan fingerprint density at radius 3 is 1.37 bits per heavy atom. The minimum Gasteiger partial charge on any atom is -0.481 e. The lowest BCUT2D eigenvalue weighted by Crippen LogP contribution is -2.47. The van der Waals surface area contributed by atoms with Gasteiger partial charge in [0, 0.05) is 6.42 Å². The third kappa shape index (κ3) is 4.06. The first kappa shape index (κ1) is 18.4. The molecule has 0 saturated carbocycles. The predicted molar refractivity (Wildman–Crippen MR) is 104 cm³/mol. The molecular weight excluding hydrogens is 338 g/mol. The highest BCUT2D eigenvalue weighted by molar-refractivity contribution is 5.82. The molecule has 0 aliphatic rings. The Labute approximate surface area is 158 Å². The van der Waals surface area contributed by atoms with Crippen LogP contribution in [0.1, 0.15) is 29.5 Å². The lowest BCUT2D eigenvalue weighted by Gasteiger charge is -2.37. The van der Waals surface area contributed by atoms with Gasteiger partial charge in [-0.25, -0.2) is 0 Å². The van der Waals surface area contributed by atoms with Gasteiger partial charge in [-0.05, 0) is 16.7 Å². The Morgan fingerprint density at radius 2 is 1.04 bits per heavy atom. The molecule has 0 unspecified atom stereocenters. The molecule has 0 spiro atoms. The summed E-state index contributed by atoms with van der Waals surface area (Å²) >= 11 is 0. The van der Waals surface area contributed by atoms with Crippen LogP contribution in [0.25, 0.3) is 0 Å². The molecule has 0 radical (unpaired) electrons. The summed E-state index contributed by atoms with van der Waals surface area (Å²) in [5.41, 5.74) is 1.82. The Kier molecular flexibility index (Phi) is 5.67. The van der Waals surface area contributed by atoms with E-state index in [-0.39, 0.29) is 18.7 Å². The van der Waals surface area contributed by atoms with Gasteiger partial charge in [-0.2, -0.15) is 0 Å². The molecule has 27 heavy (non-hydrogen) atoms. The van der Waals surface area contributed by atoms with E-state index in [0.29, 0.717) is 0 Å². The summed E-state index contributed by atoms with van der Waals surface area (Å²) in [5.74, 6) is -1.30. The first-order valence-electron chi connectivity index (χ1n) is 8.82. The van der Waals surface area contributed by atoms with E-state index in [4.69, 9.17) is 5.11 Å². The van der Waals surface area contributed by atoms with Crippen molar-refractivity contribution in [2.75, 3.05) is 0 Å². The molecule has 0 heterocycles. The second kappa shape index (κ2) is 8.32. The Morgan fingerprint density at radius 1 is 0.667 bits per heavy atom. The molecule has 2 N–H and O–H groups in total. The largest absolute Gasteiger partial charge is 0.481 e. The van der Waals surface area contributed by atoms with Crippen LogP contribution in [0.3, 0.4) is 0 Å². The Balaban J connectivity index is 2.17. The van der Waals surface area contributed by atoms with Gasteiger partial charge in [0.05, 0.1) is 6.42 Å². The summed E-state index contributed by atoms with van der Waals surface area (Å²) in [7, 11) is 0. The van der Waals surface area contributed by atoms with Crippen LogP contribution in [0, 0.1) is 0 Å². The number of amides is 1. The van der Waals surface area contributed by atoms with E-state index in [1.807, 2.05) is 91.0 Å². The quantitative estimate of drug-likeness (QED) is 0.628. The van der Waals surface area contributed by atoms with E-state index in [2.05, 4.69) is 5.32 Å². The molecule has 3 aromatic rings. The van der Waals surface area contributed by atoms with Crippen molar-refractivity contribution in [2.24, 2.45) is 0 Å². The van der Waals surface area contributed by atoms with E-state index < -0.39 is 11.5 Å². The van der Waals surface area contributed by atoms with Crippen molar-refractivity contribution in [3.63, 3.8) is 0 Å². The van der Waals surface area contributed by atoms with Gasteiger partial charge in [0.2, 0.25) is 5.91 Å². The average Bonchev–Trinajstić information content (AvgIpc) is 2.72. The van der Waals surface area contributed by atoms with Crippen molar-refractivity contribution in [3.05, 3.63) is 108 Å². The topological polar surface area (TPSA) is 66.4 Å². The molecule has 0 aliphatic heterocycles. The van der Waals surface area contributed by atoms with E-state index in [0.717, 1.165) is 16.7 Å². The van der Waals surface area contributed by atoms with Crippen LogP contribution in [0.5, 0.6) is 0 Å². The molecule has 0 aromatic heterocycles. The third-order valence-electron chi connectivity index (χ3n) is 4.51. The lowest BCUT2D eigenvalue weighted by molar-refractivity contribution is -0.139. The number of aliphatic carboxylic acids is 1. The molecule has 4 heteroatoms. The van der Waals surface area contributed by atoms with E-state index in [1.165, 1.54) is 0 Å². The minimum atomic E-state index is -0.991. The van der Waals surface area contributed by atoms with Crippen LogP contribution in [0.2, 0.25) is 0 Å². The second-order valence-electron chi connectivity index (χ2n) is 6.29. The van der Waals surface area contributed by atoms with Crippen LogP contribution >= 0.6 is 0 Å². The van der Waals surface area contributed by atoms with Crippen molar-refractivity contribution in [3.8, 4) is 0 Å². The second-order valence-corrected chi connectivity index (χ2v) is 6.29. The molecule has 0 aliphatic carbocycles. The monoisotopic (exact) mass is 359 g/mol. The highest BCUT2D eigenvalue weighted by Crippen LogP contribution is 2.36. The van der Waals surface area contributed by atoms with Crippen molar-refractivity contribution in [2.45, 2.75) is 18.4 Å². The average molecular weight is 359 g/mol. The number of carbonyl (C=O) groups excluding carboxylic acids is 1. The molecule has 0 atom stereocenters. The van der Waals surface area contributed by atoms with Gasteiger partial charge >= 0.3 is 5.97 Å². The highest BCUT2D eigenvalue weighted by Gasteiger charge is 2.37. The van der Waals surface area contributed by atoms with E-state index >= 15 is 0 Å². The minimum absolute atomic E-state index is 0.0798. The summed E-state index contributed by atoms with van der Waals surface area (Å²) in [6, 6.07) is 29.2. The molecule has 136 valence electrons. The zero-order chi connectivity index (χ0) is 19.1. The van der Waals surface area contributed by atoms with E-state index in [9.17, 15) is 9.59 Å². The fourth-order valence-electron chi connectivity index (χ4n) is 3.27. The molecule has 0 saturated heterocycles. The molecule has 0 bridgehead atoms. The number of nitrogens with one attached hydrogen (secondary N) is 1. The number of carboxylic acids is 1. The summed E-state index contributed by atoms with van der Waals surface area (Å²) in [6.45, 7) is 0. The Bertz CT molecular complexity index is 796. The summed E-state index contributed by atoms with van der Waals surface area (Å²) in [5, 5.41) is 12.1. The maximum absolute atomic E-state index is 12.7. The van der Waals surface area contributed by atoms with Crippen molar-refractivity contribution in [1.29, 1.82) is 0 Å². The van der Waals surface area contributed by atoms with E-state index in [1.54, 1.807) is 0 Å². The first-order valence-corrected chi connectivity index (χ1v) is 8.82. The molecule has 0 fully saturated rings. The maximum Gasteiger partial charge on any atom is 0.303 e. The smallest absolute Gasteiger partial charge is 0.303 e. The van der Waals surface area contributed by atoms with Gasteiger partial charge < -0.3 is 10.4 Å². The SMILES string of the molecule is O=C(O)CCC(=O)NC(c1ccccc1)(c1ccccc1)c1ccccc1. The van der Waals surface area contributed by atoms with Crippen LogP contribution < -0.4 is 5.32 Å². The fraction of sp³-hybridized carbons (Fsp3) is 0.130. The van der Waals surface area contributed by atoms with Crippen molar-refractivity contribution >= 4 is 11.9 Å². The molecule has 1 amide bonds. The number of hydrogen-bond donors (Lipinski definition) is 2. The lowest BCUT2D eigenvalue weighted by atomic mass is 9.77. The normalized spacial score (nSPS) is 11.0. The van der Waals surface area contributed by atoms with Gasteiger partial charge in [0.25, 0.3) is 0 Å². The first-order chi connectivity index (χ1) is 13.1. The molecule has 3 rings (SSSR count). The van der Waals surface area contributed by atoms with Crippen LogP contribution in [-0.4, -0.2) is 17.0 Å². The van der Waals surface area contributed by atoms with Crippen molar-refractivity contribution < 1.29 is 14.7 Å². The number of carboxylic acid groups (broad SMARTS) is 1. The van der Waals surface area contributed by atoms with Crippen LogP contribution in [-0.2, 0) is 15.1 Å². The molecular formula is C23H21NO3. The van der Waals surface area contributed by atoms with Crippen molar-refractivity contribution in [1.82, 2.24) is 5.32 Å². The van der Waals surface area contributed by atoms with Gasteiger partial charge in [0.1, 0.15) is 5.54 Å². The van der Waals surface area contributed by atoms with Crippen LogP contribution in [0.15, 0.2) is 91.0 Å². The van der Waals surface area contributed by atoms with Gasteiger partial charge in [-0.3, -0.25) is 9.59 Å². The number of hydrogen-bond acceptors (Lipinski definition) is 2. The van der Waals surface area contributed by atoms with Gasteiger partial charge in [-0.1, -0.05) is 91.0 Å². The Hall–Kier alpha value is -3.40. The highest BCUT2D eigenvalue weighted by atomic mass is 16.4. The predicted octanol–water partition coefficient (Wildman–Crippen LogP) is 3.96. The zero-order valence-corrected chi connectivity index (χ0v) is 14.8. The summed E-state index contributed by atoms with van der Waals surface area (Å²) in [6.07, 6.45) is -0.288. The maximum atomic E-state index is 12.7. The fourth-order valence-corrected chi connectivity index (χ4v) is 3.27. The van der Waals surface area contributed by atoms with Crippen LogP contribution in [0.4, 0.5) is 0 Å².